The van der Waals surface area contributed by atoms with Crippen molar-refractivity contribution < 1.29 is 17.9 Å². The number of hydrogen-bond acceptors (Lipinski definition) is 4. The first kappa shape index (κ1) is 20.0. The number of benzene rings is 1. The number of anilines is 2. The lowest BCUT2D eigenvalue weighted by Gasteiger charge is -2.21. The van der Waals surface area contributed by atoms with Crippen LogP contribution in [0, 0.1) is 0 Å². The van der Waals surface area contributed by atoms with E-state index in [2.05, 4.69) is 16.9 Å². The van der Waals surface area contributed by atoms with E-state index in [9.17, 15) is 13.2 Å². The third-order valence-electron chi connectivity index (χ3n) is 4.07. The van der Waals surface area contributed by atoms with Gasteiger partial charge in [-0.2, -0.15) is 18.2 Å². The van der Waals surface area contributed by atoms with Gasteiger partial charge in [-0.3, -0.25) is 0 Å². The Balaban J connectivity index is 2.39. The highest BCUT2D eigenvalue weighted by Crippen LogP contribution is 2.36. The van der Waals surface area contributed by atoms with Gasteiger partial charge in [-0.05, 0) is 37.5 Å². The summed E-state index contributed by atoms with van der Waals surface area (Å²) in [6, 6.07) is 7.79. The molecule has 26 heavy (non-hydrogen) atoms. The van der Waals surface area contributed by atoms with Crippen molar-refractivity contribution in [1.29, 1.82) is 0 Å². The van der Waals surface area contributed by atoms with Crippen LogP contribution in [0.3, 0.4) is 0 Å². The maximum absolute atomic E-state index is 13.2. The van der Waals surface area contributed by atoms with Gasteiger partial charge in [-0.15, -0.1) is 0 Å². The number of aromatic nitrogens is 2. The maximum atomic E-state index is 13.2. The summed E-state index contributed by atoms with van der Waals surface area (Å²) >= 11 is 0. The SMILES string of the molecule is CCCc1cccc(N(C)c2ncc(C(F)(F)F)c(OC(C)CC)n2)c1. The Morgan fingerprint density at radius 1 is 1.23 bits per heavy atom. The second-order valence-electron chi connectivity index (χ2n) is 6.20. The molecule has 0 fully saturated rings. The molecule has 7 heteroatoms. The topological polar surface area (TPSA) is 38.2 Å². The van der Waals surface area contributed by atoms with Crippen molar-refractivity contribution in [3.63, 3.8) is 0 Å². The zero-order valence-corrected chi connectivity index (χ0v) is 15.5. The molecule has 142 valence electrons. The number of rotatable bonds is 7. The number of ether oxygens (including phenoxy) is 1. The summed E-state index contributed by atoms with van der Waals surface area (Å²) in [6.07, 6.45) is -1.65. The second-order valence-corrected chi connectivity index (χ2v) is 6.20. The molecule has 0 aliphatic rings. The summed E-state index contributed by atoms with van der Waals surface area (Å²) in [5.41, 5.74) is 1.000. The Kier molecular flexibility index (Phi) is 6.45. The average molecular weight is 367 g/mol. The summed E-state index contributed by atoms with van der Waals surface area (Å²) < 4.78 is 45.1. The molecule has 1 aromatic carbocycles. The molecule has 1 atom stereocenters. The number of hydrogen-bond donors (Lipinski definition) is 0. The highest BCUT2D eigenvalue weighted by atomic mass is 19.4. The van der Waals surface area contributed by atoms with E-state index in [1.54, 1.807) is 18.9 Å². The Morgan fingerprint density at radius 2 is 1.96 bits per heavy atom. The van der Waals surface area contributed by atoms with Gasteiger partial charge in [0.15, 0.2) is 0 Å². The molecule has 0 radical (unpaired) electrons. The minimum absolute atomic E-state index is 0.157. The van der Waals surface area contributed by atoms with E-state index in [1.807, 2.05) is 31.2 Å². The molecule has 1 heterocycles. The molecular formula is C19H24F3N3O. The van der Waals surface area contributed by atoms with Crippen LogP contribution < -0.4 is 9.64 Å². The molecule has 0 saturated heterocycles. The normalized spacial score (nSPS) is 12.7. The zero-order valence-electron chi connectivity index (χ0n) is 15.5. The standard InChI is InChI=1S/C19H24F3N3O/c1-5-8-14-9-7-10-15(11-14)25(4)18-23-12-16(19(20,21)22)17(24-18)26-13(3)6-2/h7,9-13H,5-6,8H2,1-4H3. The quantitative estimate of drug-likeness (QED) is 0.657. The minimum atomic E-state index is -4.57. The first-order valence-corrected chi connectivity index (χ1v) is 8.69. The zero-order chi connectivity index (χ0) is 19.3. The monoisotopic (exact) mass is 367 g/mol. The van der Waals surface area contributed by atoms with Crippen LogP contribution in [0.2, 0.25) is 0 Å². The summed E-state index contributed by atoms with van der Waals surface area (Å²) in [5.74, 6) is -0.279. The Hall–Kier alpha value is -2.31. The van der Waals surface area contributed by atoms with E-state index in [0.717, 1.165) is 30.3 Å². The lowest BCUT2D eigenvalue weighted by Crippen LogP contribution is -2.20. The Labute approximate surface area is 152 Å². The first-order valence-electron chi connectivity index (χ1n) is 8.69. The molecule has 1 aromatic heterocycles. The van der Waals surface area contributed by atoms with Gasteiger partial charge in [0.2, 0.25) is 11.8 Å². The third-order valence-corrected chi connectivity index (χ3v) is 4.07. The molecule has 2 aromatic rings. The van der Waals surface area contributed by atoms with E-state index < -0.39 is 17.6 Å². The van der Waals surface area contributed by atoms with Crippen LogP contribution in [-0.2, 0) is 12.6 Å². The molecule has 0 aliphatic heterocycles. The lowest BCUT2D eigenvalue weighted by atomic mass is 10.1. The van der Waals surface area contributed by atoms with Gasteiger partial charge in [-0.25, -0.2) is 4.98 Å². The molecule has 0 N–H and O–H groups in total. The van der Waals surface area contributed by atoms with Crippen LogP contribution >= 0.6 is 0 Å². The Morgan fingerprint density at radius 3 is 2.58 bits per heavy atom. The number of alkyl halides is 3. The number of aryl methyl sites for hydroxylation is 1. The summed E-state index contributed by atoms with van der Waals surface area (Å²) in [7, 11) is 1.72. The third kappa shape index (κ3) is 4.86. The van der Waals surface area contributed by atoms with Crippen molar-refractivity contribution in [1.82, 2.24) is 9.97 Å². The molecule has 0 spiro atoms. The van der Waals surface area contributed by atoms with Crippen molar-refractivity contribution in [3.8, 4) is 5.88 Å². The van der Waals surface area contributed by atoms with Gasteiger partial charge in [0.05, 0.1) is 6.10 Å². The fraction of sp³-hybridized carbons (Fsp3) is 0.474. The molecular weight excluding hydrogens is 343 g/mol. The van der Waals surface area contributed by atoms with Crippen LogP contribution in [-0.4, -0.2) is 23.1 Å². The van der Waals surface area contributed by atoms with E-state index in [4.69, 9.17) is 4.74 Å². The predicted molar refractivity (Wildman–Crippen MR) is 95.9 cm³/mol. The van der Waals surface area contributed by atoms with Crippen LogP contribution in [0.1, 0.15) is 44.7 Å². The van der Waals surface area contributed by atoms with E-state index in [1.165, 1.54) is 0 Å². The van der Waals surface area contributed by atoms with Crippen LogP contribution in [0.15, 0.2) is 30.5 Å². The average Bonchev–Trinajstić information content (AvgIpc) is 2.60. The minimum Gasteiger partial charge on any atom is -0.474 e. The molecule has 0 saturated carbocycles. The smallest absolute Gasteiger partial charge is 0.423 e. The van der Waals surface area contributed by atoms with Crippen molar-refractivity contribution in [2.45, 2.75) is 52.3 Å². The van der Waals surface area contributed by atoms with Crippen molar-refractivity contribution in [2.24, 2.45) is 0 Å². The second kappa shape index (κ2) is 8.38. The van der Waals surface area contributed by atoms with Gasteiger partial charge in [-0.1, -0.05) is 32.4 Å². The molecule has 2 rings (SSSR count). The van der Waals surface area contributed by atoms with Crippen LogP contribution in [0.5, 0.6) is 5.88 Å². The predicted octanol–water partition coefficient (Wildman–Crippen LogP) is 5.39. The van der Waals surface area contributed by atoms with Crippen molar-refractivity contribution in [3.05, 3.63) is 41.6 Å². The molecule has 4 nitrogen and oxygen atoms in total. The molecule has 1 unspecified atom stereocenters. The summed E-state index contributed by atoms with van der Waals surface area (Å²) in [6.45, 7) is 5.64. The van der Waals surface area contributed by atoms with Gasteiger partial charge in [0.25, 0.3) is 0 Å². The van der Waals surface area contributed by atoms with E-state index >= 15 is 0 Å². The summed E-state index contributed by atoms with van der Waals surface area (Å²) in [4.78, 5) is 9.61. The van der Waals surface area contributed by atoms with Crippen molar-refractivity contribution >= 4 is 11.6 Å². The van der Waals surface area contributed by atoms with Crippen LogP contribution in [0.25, 0.3) is 0 Å². The van der Waals surface area contributed by atoms with Gasteiger partial charge < -0.3 is 9.64 Å². The van der Waals surface area contributed by atoms with Gasteiger partial charge in [0, 0.05) is 18.9 Å². The maximum Gasteiger partial charge on any atom is 0.423 e. The van der Waals surface area contributed by atoms with Gasteiger partial charge >= 0.3 is 6.18 Å². The number of nitrogens with zero attached hydrogens (tertiary/aromatic N) is 3. The number of halogens is 3. The lowest BCUT2D eigenvalue weighted by molar-refractivity contribution is -0.139. The van der Waals surface area contributed by atoms with Crippen molar-refractivity contribution in [2.75, 3.05) is 11.9 Å². The van der Waals surface area contributed by atoms with E-state index in [0.29, 0.717) is 6.42 Å². The first-order chi connectivity index (χ1) is 12.3. The Bertz CT molecular complexity index is 734. The van der Waals surface area contributed by atoms with Gasteiger partial charge in [0.1, 0.15) is 5.56 Å². The highest BCUT2D eigenvalue weighted by molar-refractivity contribution is 5.58. The summed E-state index contributed by atoms with van der Waals surface area (Å²) in [5, 5.41) is 0. The fourth-order valence-electron chi connectivity index (χ4n) is 2.40. The molecule has 0 amide bonds. The fourth-order valence-corrected chi connectivity index (χ4v) is 2.40. The van der Waals surface area contributed by atoms with Crippen LogP contribution in [0.4, 0.5) is 24.8 Å². The molecule has 0 bridgehead atoms. The largest absolute Gasteiger partial charge is 0.474 e. The molecule has 0 aliphatic carbocycles. The highest BCUT2D eigenvalue weighted by Gasteiger charge is 2.37. The van der Waals surface area contributed by atoms with E-state index in [-0.39, 0.29) is 12.1 Å².